The van der Waals surface area contributed by atoms with E-state index in [1.54, 1.807) is 6.07 Å². The summed E-state index contributed by atoms with van der Waals surface area (Å²) >= 11 is 0. The molecule has 118 valence electrons. The molecule has 5 heteroatoms. The fourth-order valence-corrected chi connectivity index (χ4v) is 4.17. The van der Waals surface area contributed by atoms with Gasteiger partial charge in [-0.2, -0.15) is 0 Å². The number of amides is 3. The number of rotatable bonds is 3. The lowest BCUT2D eigenvalue weighted by atomic mass is 9.85. The molecule has 2 bridgehead atoms. The Morgan fingerprint density at radius 2 is 1.74 bits per heavy atom. The topological polar surface area (TPSA) is 66.5 Å². The number of carbonyl (C=O) groups is 3. The fraction of sp³-hybridized carbons (Fsp3) is 0.389. The van der Waals surface area contributed by atoms with Gasteiger partial charge >= 0.3 is 0 Å². The number of nitrogens with zero attached hydrogens (tertiary/aromatic N) is 1. The first-order valence-corrected chi connectivity index (χ1v) is 7.95. The molecule has 2 aliphatic carbocycles. The molecule has 4 atom stereocenters. The number of nitrogens with one attached hydrogen (secondary N) is 1. The first-order chi connectivity index (χ1) is 11.1. The minimum atomic E-state index is -0.332. The summed E-state index contributed by atoms with van der Waals surface area (Å²) in [6.07, 6.45) is 5.00. The Kier molecular flexibility index (Phi) is 3.11. The zero-order chi connectivity index (χ0) is 16.1. The Hall–Kier alpha value is -2.43. The van der Waals surface area contributed by atoms with Gasteiger partial charge in [0.15, 0.2) is 0 Å². The predicted molar refractivity (Wildman–Crippen MR) is 84.2 cm³/mol. The van der Waals surface area contributed by atoms with Crippen molar-refractivity contribution in [2.45, 2.75) is 13.3 Å². The van der Waals surface area contributed by atoms with Gasteiger partial charge in [-0.05, 0) is 36.8 Å². The van der Waals surface area contributed by atoms with Gasteiger partial charge < -0.3 is 5.32 Å². The molecule has 4 rings (SSSR count). The molecule has 1 aromatic rings. The molecule has 1 N–H and O–H groups in total. The Morgan fingerprint density at radius 3 is 2.35 bits per heavy atom. The van der Waals surface area contributed by atoms with E-state index in [9.17, 15) is 14.4 Å². The normalized spacial score (nSPS) is 30.9. The lowest BCUT2D eigenvalue weighted by Crippen LogP contribution is -2.39. The van der Waals surface area contributed by atoms with Crippen molar-refractivity contribution >= 4 is 23.4 Å². The number of fused-ring (bicyclic) bond motifs is 5. The Morgan fingerprint density at radius 1 is 1.13 bits per heavy atom. The van der Waals surface area contributed by atoms with Crippen molar-refractivity contribution in [1.29, 1.82) is 0 Å². The molecule has 2 fully saturated rings. The molecule has 1 saturated carbocycles. The molecular weight excluding hydrogens is 292 g/mol. The molecule has 3 amide bonds. The van der Waals surface area contributed by atoms with Crippen molar-refractivity contribution in [3.8, 4) is 0 Å². The van der Waals surface area contributed by atoms with Crippen molar-refractivity contribution in [3.63, 3.8) is 0 Å². The van der Waals surface area contributed by atoms with E-state index >= 15 is 0 Å². The molecule has 1 aromatic carbocycles. The molecule has 3 aliphatic rings. The summed E-state index contributed by atoms with van der Waals surface area (Å²) in [6, 6.07) is 7.43. The monoisotopic (exact) mass is 310 g/mol. The molecule has 1 saturated heterocycles. The van der Waals surface area contributed by atoms with Crippen LogP contribution in [0.25, 0.3) is 0 Å². The zero-order valence-corrected chi connectivity index (χ0v) is 12.9. The maximum atomic E-state index is 12.5. The highest BCUT2D eigenvalue weighted by molar-refractivity contribution is 6.09. The zero-order valence-electron chi connectivity index (χ0n) is 12.9. The second kappa shape index (κ2) is 5.05. The lowest BCUT2D eigenvalue weighted by Gasteiger charge is -2.17. The highest BCUT2D eigenvalue weighted by Crippen LogP contribution is 2.52. The van der Waals surface area contributed by atoms with E-state index in [0.717, 1.165) is 16.9 Å². The molecule has 0 aromatic heterocycles. The molecule has 1 aliphatic heterocycles. The Balaban J connectivity index is 1.48. The quantitative estimate of drug-likeness (QED) is 0.683. The maximum absolute atomic E-state index is 12.5. The predicted octanol–water partition coefficient (Wildman–Crippen LogP) is 1.74. The lowest BCUT2D eigenvalue weighted by molar-refractivity contribution is -0.143. The van der Waals surface area contributed by atoms with Crippen LogP contribution in [-0.2, 0) is 14.4 Å². The minimum absolute atomic E-state index is 0.172. The van der Waals surface area contributed by atoms with Crippen molar-refractivity contribution in [1.82, 2.24) is 4.90 Å². The van der Waals surface area contributed by atoms with Crippen molar-refractivity contribution in [3.05, 3.63) is 42.0 Å². The van der Waals surface area contributed by atoms with Gasteiger partial charge in [0.2, 0.25) is 17.7 Å². The number of allylic oxidation sites excluding steroid dienone is 2. The van der Waals surface area contributed by atoms with E-state index in [2.05, 4.69) is 5.32 Å². The van der Waals surface area contributed by atoms with Crippen LogP contribution in [0.4, 0.5) is 5.69 Å². The Bertz CT molecular complexity index is 710. The van der Waals surface area contributed by atoms with Crippen LogP contribution >= 0.6 is 0 Å². The molecule has 23 heavy (non-hydrogen) atoms. The van der Waals surface area contributed by atoms with Gasteiger partial charge in [-0.15, -0.1) is 0 Å². The number of benzene rings is 1. The molecule has 5 nitrogen and oxygen atoms in total. The summed E-state index contributed by atoms with van der Waals surface area (Å²) in [4.78, 5) is 38.5. The highest BCUT2D eigenvalue weighted by atomic mass is 16.2. The molecule has 0 spiro atoms. The highest BCUT2D eigenvalue weighted by Gasteiger charge is 2.59. The summed E-state index contributed by atoms with van der Waals surface area (Å²) in [5.41, 5.74) is 1.65. The summed E-state index contributed by atoms with van der Waals surface area (Å²) < 4.78 is 0. The third-order valence-corrected chi connectivity index (χ3v) is 5.28. The number of aryl methyl sites for hydroxylation is 1. The summed E-state index contributed by atoms with van der Waals surface area (Å²) in [5, 5.41) is 2.78. The van der Waals surface area contributed by atoms with E-state index in [-0.39, 0.29) is 47.9 Å². The van der Waals surface area contributed by atoms with Crippen LogP contribution in [0, 0.1) is 30.6 Å². The van der Waals surface area contributed by atoms with Crippen LogP contribution in [0.1, 0.15) is 12.0 Å². The second-order valence-electron chi connectivity index (χ2n) is 6.63. The van der Waals surface area contributed by atoms with E-state index in [1.807, 2.05) is 37.3 Å². The average Bonchev–Trinajstić information content (AvgIpc) is 3.19. The number of para-hydroxylation sites is 1. The standard InChI is InChI=1S/C18H18N2O3/c1-10-4-2-3-5-13(10)19-14(21)9-20-17(22)15-11-6-7-12(8-11)16(15)18(20)23/h2-7,11-12,15-16H,8-9H2,1H3,(H,19,21)/t11-,12-,15+,16+/m0/s1. The van der Waals surface area contributed by atoms with Crippen LogP contribution in [0.15, 0.2) is 36.4 Å². The van der Waals surface area contributed by atoms with Crippen LogP contribution in [-0.4, -0.2) is 29.2 Å². The molecule has 1 heterocycles. The first kappa shape index (κ1) is 14.2. The molecular formula is C18H18N2O3. The number of anilines is 1. The van der Waals surface area contributed by atoms with Crippen LogP contribution in [0.2, 0.25) is 0 Å². The maximum Gasteiger partial charge on any atom is 0.244 e. The summed E-state index contributed by atoms with van der Waals surface area (Å²) in [7, 11) is 0. The van der Waals surface area contributed by atoms with E-state index in [4.69, 9.17) is 0 Å². The van der Waals surface area contributed by atoms with E-state index in [1.165, 1.54) is 0 Å². The largest absolute Gasteiger partial charge is 0.324 e. The minimum Gasteiger partial charge on any atom is -0.324 e. The number of hydrogen-bond donors (Lipinski definition) is 1. The van der Waals surface area contributed by atoms with Gasteiger partial charge in [0.1, 0.15) is 6.54 Å². The number of imide groups is 1. The third-order valence-electron chi connectivity index (χ3n) is 5.28. The van der Waals surface area contributed by atoms with Gasteiger partial charge in [-0.25, -0.2) is 0 Å². The number of carbonyl (C=O) groups excluding carboxylic acids is 3. The first-order valence-electron chi connectivity index (χ1n) is 7.95. The Labute approximate surface area is 134 Å². The van der Waals surface area contributed by atoms with Crippen LogP contribution in [0.3, 0.4) is 0 Å². The van der Waals surface area contributed by atoms with Crippen molar-refractivity contribution in [2.75, 3.05) is 11.9 Å². The average molecular weight is 310 g/mol. The fourth-order valence-electron chi connectivity index (χ4n) is 4.17. The van der Waals surface area contributed by atoms with Crippen LogP contribution in [0.5, 0.6) is 0 Å². The van der Waals surface area contributed by atoms with Crippen LogP contribution < -0.4 is 5.32 Å². The second-order valence-corrected chi connectivity index (χ2v) is 6.63. The summed E-state index contributed by atoms with van der Waals surface area (Å²) in [5.74, 6) is -0.848. The number of hydrogen-bond acceptors (Lipinski definition) is 3. The smallest absolute Gasteiger partial charge is 0.244 e. The van der Waals surface area contributed by atoms with Crippen molar-refractivity contribution < 1.29 is 14.4 Å². The van der Waals surface area contributed by atoms with Gasteiger partial charge in [-0.1, -0.05) is 30.4 Å². The van der Waals surface area contributed by atoms with E-state index < -0.39 is 0 Å². The summed E-state index contributed by atoms with van der Waals surface area (Å²) in [6.45, 7) is 1.70. The van der Waals surface area contributed by atoms with Gasteiger partial charge in [0.05, 0.1) is 11.8 Å². The van der Waals surface area contributed by atoms with Gasteiger partial charge in [-0.3, -0.25) is 19.3 Å². The van der Waals surface area contributed by atoms with E-state index in [0.29, 0.717) is 5.69 Å². The SMILES string of the molecule is Cc1ccccc1NC(=O)CN1C(=O)[C@H]2[C@H](C1=O)[C@H]1C=C[C@H]2C1. The van der Waals surface area contributed by atoms with Crippen molar-refractivity contribution in [2.24, 2.45) is 23.7 Å². The van der Waals surface area contributed by atoms with Gasteiger partial charge in [0.25, 0.3) is 0 Å². The molecule has 0 unspecified atom stereocenters. The number of likely N-dealkylation sites (tertiary alicyclic amines) is 1. The molecule has 0 radical (unpaired) electrons. The third kappa shape index (κ3) is 2.11. The van der Waals surface area contributed by atoms with Gasteiger partial charge in [0, 0.05) is 5.69 Å².